The fourth-order valence-corrected chi connectivity index (χ4v) is 3.08. The van der Waals surface area contributed by atoms with Crippen molar-refractivity contribution in [2.75, 3.05) is 6.54 Å². The summed E-state index contributed by atoms with van der Waals surface area (Å²) in [6.45, 7) is 4.79. The van der Waals surface area contributed by atoms with E-state index in [2.05, 4.69) is 48.7 Å². The second-order valence-corrected chi connectivity index (χ2v) is 6.92. The first-order valence-electron chi connectivity index (χ1n) is 9.48. The Morgan fingerprint density at radius 2 is 1.46 bits per heavy atom. The lowest BCUT2D eigenvalue weighted by Crippen LogP contribution is -2.48. The van der Waals surface area contributed by atoms with Gasteiger partial charge in [-0.3, -0.25) is 4.79 Å². The van der Waals surface area contributed by atoms with Gasteiger partial charge in [-0.25, -0.2) is 0 Å². The fraction of sp³-hybridized carbons (Fsp3) is 0.409. The molecule has 1 amide bonds. The highest BCUT2D eigenvalue weighted by molar-refractivity contribution is 5.82. The minimum absolute atomic E-state index is 0.0356. The molecule has 0 heterocycles. The number of amides is 1. The van der Waals surface area contributed by atoms with Crippen molar-refractivity contribution >= 4 is 5.91 Å². The Hall–Kier alpha value is -2.17. The first kappa shape index (κ1) is 20.1. The van der Waals surface area contributed by atoms with Crippen LogP contribution >= 0.6 is 0 Å². The van der Waals surface area contributed by atoms with Gasteiger partial charge >= 0.3 is 0 Å². The molecule has 0 bridgehead atoms. The maximum atomic E-state index is 13.0. The van der Waals surface area contributed by atoms with Crippen LogP contribution in [0.2, 0.25) is 0 Å². The van der Waals surface area contributed by atoms with Gasteiger partial charge in [-0.2, -0.15) is 0 Å². The molecule has 26 heavy (non-hydrogen) atoms. The molecule has 1 atom stereocenters. The van der Waals surface area contributed by atoms with E-state index in [4.69, 9.17) is 5.73 Å². The van der Waals surface area contributed by atoms with Crippen molar-refractivity contribution in [3.63, 3.8) is 0 Å². The van der Waals surface area contributed by atoms with Crippen LogP contribution in [-0.4, -0.2) is 24.5 Å². The third-order valence-electron chi connectivity index (χ3n) is 4.35. The number of benzene rings is 2. The van der Waals surface area contributed by atoms with Crippen molar-refractivity contribution in [2.24, 2.45) is 5.73 Å². The van der Waals surface area contributed by atoms with Crippen molar-refractivity contribution in [3.05, 3.63) is 71.8 Å². The van der Waals surface area contributed by atoms with E-state index in [0.717, 1.165) is 30.4 Å². The molecular formula is C22H31N3O. The summed E-state index contributed by atoms with van der Waals surface area (Å²) in [5.41, 5.74) is 7.77. The third kappa shape index (κ3) is 6.28. The van der Waals surface area contributed by atoms with Crippen LogP contribution in [0.4, 0.5) is 0 Å². The number of nitrogens with one attached hydrogen (secondary N) is 2. The van der Waals surface area contributed by atoms with Gasteiger partial charge in [0.15, 0.2) is 0 Å². The Bertz CT molecular complexity index is 603. The molecule has 0 aliphatic heterocycles. The van der Waals surface area contributed by atoms with E-state index >= 15 is 0 Å². The molecule has 0 saturated carbocycles. The summed E-state index contributed by atoms with van der Waals surface area (Å²) in [6, 6.07) is 20.1. The van der Waals surface area contributed by atoms with Gasteiger partial charge in [0.2, 0.25) is 5.91 Å². The molecule has 0 spiro atoms. The third-order valence-corrected chi connectivity index (χ3v) is 4.35. The van der Waals surface area contributed by atoms with E-state index in [1.807, 2.05) is 36.4 Å². The van der Waals surface area contributed by atoms with E-state index in [1.165, 1.54) is 0 Å². The Labute approximate surface area is 157 Å². The lowest BCUT2D eigenvalue weighted by Gasteiger charge is -2.25. The zero-order valence-corrected chi connectivity index (χ0v) is 15.8. The number of unbranched alkanes of at least 4 members (excludes halogenated alkanes) is 1. The van der Waals surface area contributed by atoms with Crippen LogP contribution in [0.15, 0.2) is 60.7 Å². The second kappa shape index (κ2) is 10.7. The predicted molar refractivity (Wildman–Crippen MR) is 108 cm³/mol. The number of carbonyl (C=O) groups is 1. The van der Waals surface area contributed by atoms with Gasteiger partial charge in [0.05, 0.1) is 12.1 Å². The Morgan fingerprint density at radius 3 is 1.92 bits per heavy atom. The minimum Gasteiger partial charge on any atom is -0.344 e. The molecule has 0 aliphatic rings. The number of hydrogen-bond donors (Lipinski definition) is 3. The first-order valence-corrected chi connectivity index (χ1v) is 9.48. The molecule has 0 aromatic heterocycles. The van der Waals surface area contributed by atoms with Crippen LogP contribution in [0.25, 0.3) is 0 Å². The first-order chi connectivity index (χ1) is 12.6. The van der Waals surface area contributed by atoms with Gasteiger partial charge < -0.3 is 16.4 Å². The molecule has 0 saturated heterocycles. The molecular weight excluding hydrogens is 322 g/mol. The Morgan fingerprint density at radius 1 is 0.923 bits per heavy atom. The highest BCUT2D eigenvalue weighted by Crippen LogP contribution is 2.22. The summed E-state index contributed by atoms with van der Waals surface area (Å²) in [5.74, 6) is 0.0356. The summed E-state index contributed by atoms with van der Waals surface area (Å²) in [4.78, 5) is 13.0. The summed E-state index contributed by atoms with van der Waals surface area (Å²) in [5, 5.41) is 6.64. The van der Waals surface area contributed by atoms with E-state index in [0.29, 0.717) is 6.54 Å². The fourth-order valence-electron chi connectivity index (χ4n) is 3.08. The standard InChI is InChI=1S/C22H31N3O/c1-17(2)24-20(15-9-10-16-23)22(26)25-21(18-11-5-3-6-12-18)19-13-7-4-8-14-19/h3-8,11-14,17,20-21,24H,9-10,15-16,23H2,1-2H3,(H,25,26). The average molecular weight is 354 g/mol. The van der Waals surface area contributed by atoms with Crippen LogP contribution in [0.5, 0.6) is 0 Å². The van der Waals surface area contributed by atoms with E-state index in [-0.39, 0.29) is 24.0 Å². The lowest BCUT2D eigenvalue weighted by atomic mass is 9.97. The van der Waals surface area contributed by atoms with Gasteiger partial charge in [-0.15, -0.1) is 0 Å². The maximum Gasteiger partial charge on any atom is 0.237 e. The molecule has 0 radical (unpaired) electrons. The molecule has 140 valence electrons. The van der Waals surface area contributed by atoms with Crippen LogP contribution in [0.3, 0.4) is 0 Å². The molecule has 4 nitrogen and oxygen atoms in total. The molecule has 2 rings (SSSR count). The summed E-state index contributed by atoms with van der Waals surface area (Å²) in [6.07, 6.45) is 2.66. The quantitative estimate of drug-likeness (QED) is 0.574. The van der Waals surface area contributed by atoms with Gasteiger partial charge in [-0.1, -0.05) is 80.9 Å². The monoisotopic (exact) mass is 353 g/mol. The zero-order valence-electron chi connectivity index (χ0n) is 15.8. The largest absolute Gasteiger partial charge is 0.344 e. The molecule has 2 aromatic rings. The van der Waals surface area contributed by atoms with Crippen molar-refractivity contribution in [2.45, 2.75) is 51.2 Å². The van der Waals surface area contributed by atoms with Crippen molar-refractivity contribution in [1.29, 1.82) is 0 Å². The Balaban J connectivity index is 2.18. The van der Waals surface area contributed by atoms with Crippen LogP contribution in [0.1, 0.15) is 50.3 Å². The molecule has 2 aromatic carbocycles. The molecule has 1 unspecified atom stereocenters. The summed E-state index contributed by atoms with van der Waals surface area (Å²) < 4.78 is 0. The van der Waals surface area contributed by atoms with Crippen LogP contribution < -0.4 is 16.4 Å². The second-order valence-electron chi connectivity index (χ2n) is 6.92. The number of nitrogens with two attached hydrogens (primary N) is 1. The summed E-state index contributed by atoms with van der Waals surface area (Å²) in [7, 11) is 0. The van der Waals surface area contributed by atoms with Crippen molar-refractivity contribution < 1.29 is 4.79 Å². The van der Waals surface area contributed by atoms with Gasteiger partial charge in [0.1, 0.15) is 0 Å². The zero-order chi connectivity index (χ0) is 18.8. The smallest absolute Gasteiger partial charge is 0.237 e. The van der Waals surface area contributed by atoms with Gasteiger partial charge in [0.25, 0.3) is 0 Å². The van der Waals surface area contributed by atoms with Crippen LogP contribution in [0, 0.1) is 0 Å². The average Bonchev–Trinajstić information content (AvgIpc) is 2.66. The van der Waals surface area contributed by atoms with Crippen LogP contribution in [-0.2, 0) is 4.79 Å². The highest BCUT2D eigenvalue weighted by atomic mass is 16.2. The maximum absolute atomic E-state index is 13.0. The van der Waals surface area contributed by atoms with Gasteiger partial charge in [-0.05, 0) is 30.5 Å². The Kier molecular flexibility index (Phi) is 8.32. The summed E-state index contributed by atoms with van der Waals surface area (Å²) >= 11 is 0. The van der Waals surface area contributed by atoms with Gasteiger partial charge in [0, 0.05) is 6.04 Å². The molecule has 0 fully saturated rings. The minimum atomic E-state index is -0.212. The van der Waals surface area contributed by atoms with E-state index in [9.17, 15) is 4.79 Å². The molecule has 0 aliphatic carbocycles. The number of hydrogen-bond acceptors (Lipinski definition) is 3. The topological polar surface area (TPSA) is 67.1 Å². The van der Waals surface area contributed by atoms with Crippen molar-refractivity contribution in [1.82, 2.24) is 10.6 Å². The normalized spacial score (nSPS) is 12.3. The van der Waals surface area contributed by atoms with E-state index < -0.39 is 0 Å². The highest BCUT2D eigenvalue weighted by Gasteiger charge is 2.23. The lowest BCUT2D eigenvalue weighted by molar-refractivity contribution is -0.124. The predicted octanol–water partition coefficient (Wildman–Crippen LogP) is 3.39. The number of rotatable bonds is 10. The SMILES string of the molecule is CC(C)NC(CCCCN)C(=O)NC(c1ccccc1)c1ccccc1. The number of carbonyl (C=O) groups excluding carboxylic acids is 1. The van der Waals surface area contributed by atoms with Crippen molar-refractivity contribution in [3.8, 4) is 0 Å². The molecule has 4 heteroatoms. The van der Waals surface area contributed by atoms with E-state index in [1.54, 1.807) is 0 Å². The molecule has 4 N–H and O–H groups in total.